The molecule has 0 N–H and O–H groups in total. The molecular formula is C25H42N2O5Si. The summed E-state index contributed by atoms with van der Waals surface area (Å²) >= 11 is 0. The quantitative estimate of drug-likeness (QED) is 0.511. The van der Waals surface area contributed by atoms with Crippen molar-refractivity contribution in [2.45, 2.75) is 84.3 Å². The van der Waals surface area contributed by atoms with Gasteiger partial charge in [-0.05, 0) is 51.4 Å². The van der Waals surface area contributed by atoms with Gasteiger partial charge in [-0.2, -0.15) is 0 Å². The number of nitrogens with zero attached hydrogens (tertiary/aromatic N) is 2. The van der Waals surface area contributed by atoms with Gasteiger partial charge in [-0.25, -0.2) is 9.59 Å². The highest BCUT2D eigenvalue weighted by molar-refractivity contribution is 6.74. The van der Waals surface area contributed by atoms with Crippen LogP contribution in [-0.4, -0.2) is 67.7 Å². The molecule has 2 amide bonds. The van der Waals surface area contributed by atoms with E-state index in [2.05, 4.69) is 33.9 Å². The van der Waals surface area contributed by atoms with Crippen molar-refractivity contribution >= 4 is 20.5 Å². The van der Waals surface area contributed by atoms with Crippen LogP contribution in [0, 0.1) is 0 Å². The summed E-state index contributed by atoms with van der Waals surface area (Å²) in [5.74, 6) is 0. The number of rotatable bonds is 5. The summed E-state index contributed by atoms with van der Waals surface area (Å²) in [6, 6.07) is 9.60. The molecule has 0 radical (unpaired) electrons. The molecule has 33 heavy (non-hydrogen) atoms. The molecule has 1 heterocycles. The fourth-order valence-electron chi connectivity index (χ4n) is 3.34. The summed E-state index contributed by atoms with van der Waals surface area (Å²) < 4.78 is 17.8. The molecule has 0 bridgehead atoms. The molecular weight excluding hydrogens is 436 g/mol. The topological polar surface area (TPSA) is 68.3 Å². The van der Waals surface area contributed by atoms with Crippen LogP contribution in [0.5, 0.6) is 0 Å². The molecule has 1 fully saturated rings. The van der Waals surface area contributed by atoms with E-state index in [1.807, 2.05) is 58.0 Å². The zero-order valence-electron chi connectivity index (χ0n) is 21.9. The van der Waals surface area contributed by atoms with Gasteiger partial charge < -0.3 is 18.8 Å². The monoisotopic (exact) mass is 478 g/mol. The van der Waals surface area contributed by atoms with E-state index < -0.39 is 19.5 Å². The Morgan fingerprint density at radius 3 is 2.15 bits per heavy atom. The summed E-state index contributed by atoms with van der Waals surface area (Å²) in [7, 11) is -2.07. The van der Waals surface area contributed by atoms with Gasteiger partial charge in [0.25, 0.3) is 0 Å². The minimum absolute atomic E-state index is 0.0308. The number of benzene rings is 1. The van der Waals surface area contributed by atoms with Crippen LogP contribution in [0.2, 0.25) is 18.1 Å². The van der Waals surface area contributed by atoms with Gasteiger partial charge in [0.15, 0.2) is 8.32 Å². The Labute approximate surface area is 200 Å². The number of amides is 2. The third-order valence-corrected chi connectivity index (χ3v) is 10.9. The lowest BCUT2D eigenvalue weighted by atomic mass is 9.98. The lowest BCUT2D eigenvalue weighted by molar-refractivity contribution is -0.0434. The molecule has 1 saturated heterocycles. The summed E-state index contributed by atoms with van der Waals surface area (Å²) in [4.78, 5) is 29.3. The summed E-state index contributed by atoms with van der Waals surface area (Å²) in [6.07, 6.45) is -0.776. The average Bonchev–Trinajstić information content (AvgIpc) is 2.69. The summed E-state index contributed by atoms with van der Waals surface area (Å²) in [5, 5.41) is 0.0308. The van der Waals surface area contributed by atoms with Crippen molar-refractivity contribution in [2.24, 2.45) is 0 Å². The first-order chi connectivity index (χ1) is 15.0. The van der Waals surface area contributed by atoms with Crippen LogP contribution in [0.3, 0.4) is 0 Å². The lowest BCUT2D eigenvalue weighted by Crippen LogP contribution is -2.66. The first kappa shape index (κ1) is 27.2. The minimum atomic E-state index is -2.07. The van der Waals surface area contributed by atoms with E-state index in [1.54, 1.807) is 9.80 Å². The van der Waals surface area contributed by atoms with Crippen LogP contribution in [0.15, 0.2) is 30.3 Å². The largest absolute Gasteiger partial charge is 0.445 e. The summed E-state index contributed by atoms with van der Waals surface area (Å²) in [6.45, 7) is 20.0. The zero-order chi connectivity index (χ0) is 25.1. The molecule has 186 valence electrons. The number of hydrogen-bond acceptors (Lipinski definition) is 5. The molecule has 1 aliphatic heterocycles. The number of hydrogen-bond donors (Lipinski definition) is 0. The first-order valence-corrected chi connectivity index (χ1v) is 14.6. The maximum atomic E-state index is 13.1. The van der Waals surface area contributed by atoms with E-state index in [-0.39, 0.29) is 23.8 Å². The summed E-state index contributed by atoms with van der Waals surface area (Å²) in [5.41, 5.74) is -0.409. The van der Waals surface area contributed by atoms with Crippen molar-refractivity contribution in [2.75, 3.05) is 26.2 Å². The first-order valence-electron chi connectivity index (χ1n) is 11.6. The van der Waals surface area contributed by atoms with Gasteiger partial charge in [0.1, 0.15) is 12.2 Å². The fraction of sp³-hybridized carbons (Fsp3) is 0.680. The SMILES string of the molecule is CC(C)(C)OC(=O)N1CCN(C(=O)OCc2ccccc2)CC1(C)CO[Si](C)(C)C(C)(C)C. The molecule has 1 aliphatic rings. The Balaban J connectivity index is 2.17. The zero-order valence-corrected chi connectivity index (χ0v) is 22.9. The molecule has 0 aliphatic carbocycles. The van der Waals surface area contributed by atoms with Crippen molar-refractivity contribution in [1.82, 2.24) is 9.80 Å². The van der Waals surface area contributed by atoms with Gasteiger partial charge in [-0.15, -0.1) is 0 Å². The van der Waals surface area contributed by atoms with Crippen molar-refractivity contribution in [3.8, 4) is 0 Å². The normalized spacial score (nSPS) is 19.9. The molecule has 8 heteroatoms. The third-order valence-electron chi connectivity index (χ3n) is 6.40. The predicted octanol–water partition coefficient (Wildman–Crippen LogP) is 5.66. The Hall–Kier alpha value is -2.06. The molecule has 1 atom stereocenters. The molecule has 7 nitrogen and oxygen atoms in total. The molecule has 0 aromatic heterocycles. The second-order valence-corrected chi connectivity index (χ2v) is 16.4. The van der Waals surface area contributed by atoms with Crippen LogP contribution in [0.25, 0.3) is 0 Å². The molecule has 2 rings (SSSR count). The van der Waals surface area contributed by atoms with Gasteiger partial charge >= 0.3 is 12.2 Å². The van der Waals surface area contributed by atoms with Crippen LogP contribution < -0.4 is 0 Å². The smallest absolute Gasteiger partial charge is 0.410 e. The van der Waals surface area contributed by atoms with E-state index in [9.17, 15) is 9.59 Å². The highest BCUT2D eigenvalue weighted by atomic mass is 28.4. The second kappa shape index (κ2) is 10.1. The molecule has 0 spiro atoms. The van der Waals surface area contributed by atoms with Crippen molar-refractivity contribution in [3.63, 3.8) is 0 Å². The Morgan fingerprint density at radius 1 is 1.00 bits per heavy atom. The molecule has 0 saturated carbocycles. The van der Waals surface area contributed by atoms with Gasteiger partial charge in [0.2, 0.25) is 0 Å². The number of carbonyl (C=O) groups excluding carboxylic acids is 2. The highest BCUT2D eigenvalue weighted by Gasteiger charge is 2.47. The van der Waals surface area contributed by atoms with Crippen molar-refractivity contribution < 1.29 is 23.5 Å². The van der Waals surface area contributed by atoms with Gasteiger partial charge in [0.05, 0.1) is 12.1 Å². The van der Waals surface area contributed by atoms with Crippen LogP contribution >= 0.6 is 0 Å². The maximum Gasteiger partial charge on any atom is 0.410 e. The maximum absolute atomic E-state index is 13.1. The lowest BCUT2D eigenvalue weighted by Gasteiger charge is -2.49. The van der Waals surface area contributed by atoms with Gasteiger partial charge in [-0.3, -0.25) is 4.90 Å². The Kier molecular flexibility index (Phi) is 8.28. The van der Waals surface area contributed by atoms with Gasteiger partial charge in [0, 0.05) is 19.6 Å². The van der Waals surface area contributed by atoms with Crippen LogP contribution in [-0.2, 0) is 20.5 Å². The molecule has 1 unspecified atom stereocenters. The van der Waals surface area contributed by atoms with E-state index in [0.717, 1.165) is 5.56 Å². The average molecular weight is 479 g/mol. The van der Waals surface area contributed by atoms with Crippen molar-refractivity contribution in [3.05, 3.63) is 35.9 Å². The van der Waals surface area contributed by atoms with E-state index in [1.165, 1.54) is 0 Å². The molecule has 1 aromatic carbocycles. The minimum Gasteiger partial charge on any atom is -0.445 e. The fourth-order valence-corrected chi connectivity index (χ4v) is 4.44. The number of carbonyl (C=O) groups is 2. The molecule has 1 aromatic rings. The van der Waals surface area contributed by atoms with Crippen LogP contribution in [0.4, 0.5) is 9.59 Å². The third kappa shape index (κ3) is 7.47. The van der Waals surface area contributed by atoms with Crippen molar-refractivity contribution in [1.29, 1.82) is 0 Å². The van der Waals surface area contributed by atoms with Gasteiger partial charge in [-0.1, -0.05) is 51.1 Å². The van der Waals surface area contributed by atoms with E-state index >= 15 is 0 Å². The second-order valence-electron chi connectivity index (χ2n) is 11.6. The predicted molar refractivity (Wildman–Crippen MR) is 133 cm³/mol. The Morgan fingerprint density at radius 2 is 1.61 bits per heavy atom. The van der Waals surface area contributed by atoms with Crippen LogP contribution in [0.1, 0.15) is 54.0 Å². The number of ether oxygens (including phenoxy) is 2. The van der Waals surface area contributed by atoms with E-state index in [0.29, 0.717) is 26.2 Å². The standard InChI is InChI=1S/C25H42N2O5Si/c1-23(2,3)32-22(29)27-16-15-26(21(28)30-17-20-13-11-10-12-14-20)18-25(27,7)19-31-33(8,9)24(4,5)6/h10-14H,15-19H2,1-9H3. The Bertz CT molecular complexity index is 816. The number of piperazine rings is 1. The van der Waals surface area contributed by atoms with E-state index in [4.69, 9.17) is 13.9 Å². The highest BCUT2D eigenvalue weighted by Crippen LogP contribution is 2.38.